The summed E-state index contributed by atoms with van der Waals surface area (Å²) in [7, 11) is 0. The molecular formula is C9H11BrO2S. The monoisotopic (exact) mass is 262 g/mol. The molecule has 0 amide bonds. The van der Waals surface area contributed by atoms with Crippen LogP contribution in [0, 0.1) is 0 Å². The second-order valence-electron chi connectivity index (χ2n) is 2.67. The molecule has 0 aliphatic heterocycles. The van der Waals surface area contributed by atoms with E-state index in [-0.39, 0.29) is 10.8 Å². The van der Waals surface area contributed by atoms with Gasteiger partial charge in [0.05, 0.1) is 6.61 Å². The Morgan fingerprint density at radius 2 is 2.54 bits per heavy atom. The minimum absolute atomic E-state index is 0.199. The molecule has 0 saturated carbocycles. The Morgan fingerprint density at radius 1 is 1.77 bits per heavy atom. The molecule has 0 aromatic carbocycles. The molecule has 0 aliphatic carbocycles. The lowest BCUT2D eigenvalue weighted by molar-refractivity contribution is -0.142. The largest absolute Gasteiger partial charge is 0.465 e. The maximum atomic E-state index is 11.0. The molecule has 72 valence electrons. The van der Waals surface area contributed by atoms with E-state index in [0.29, 0.717) is 6.61 Å². The highest BCUT2D eigenvalue weighted by Crippen LogP contribution is 2.07. The van der Waals surface area contributed by atoms with Crippen molar-refractivity contribution in [2.75, 3.05) is 6.61 Å². The second-order valence-corrected chi connectivity index (χ2v) is 4.82. The molecule has 1 heterocycles. The maximum Gasteiger partial charge on any atom is 0.319 e. The fraction of sp³-hybridized carbons (Fsp3) is 0.444. The van der Waals surface area contributed by atoms with E-state index in [9.17, 15) is 4.79 Å². The van der Waals surface area contributed by atoms with Crippen LogP contribution < -0.4 is 0 Å². The molecule has 1 rings (SSSR count). The summed E-state index contributed by atoms with van der Waals surface area (Å²) in [5.74, 6) is -0.199. The van der Waals surface area contributed by atoms with Crippen molar-refractivity contribution in [3.05, 3.63) is 22.4 Å². The molecule has 0 saturated heterocycles. The molecule has 0 fully saturated rings. The van der Waals surface area contributed by atoms with Gasteiger partial charge < -0.3 is 4.74 Å². The lowest BCUT2D eigenvalue weighted by Gasteiger charge is -2.04. The predicted octanol–water partition coefficient (Wildman–Crippen LogP) is 2.62. The zero-order valence-corrected chi connectivity index (χ0v) is 9.73. The molecule has 4 heteroatoms. The summed E-state index contributed by atoms with van der Waals surface area (Å²) in [6.07, 6.45) is 0.801. The van der Waals surface area contributed by atoms with Crippen molar-refractivity contribution in [1.29, 1.82) is 0 Å². The van der Waals surface area contributed by atoms with E-state index in [1.165, 1.54) is 5.56 Å². The van der Waals surface area contributed by atoms with Crippen LogP contribution in [0.25, 0.3) is 0 Å². The standard InChI is InChI=1S/C9H11BrO2S/c1-7(10)9(11)12-4-2-8-3-5-13-6-8/h3,5-7H,2,4H2,1H3. The van der Waals surface area contributed by atoms with Crippen LogP contribution in [0.5, 0.6) is 0 Å². The highest BCUT2D eigenvalue weighted by molar-refractivity contribution is 9.10. The summed E-state index contributed by atoms with van der Waals surface area (Å²) >= 11 is 4.80. The number of ether oxygens (including phenoxy) is 1. The summed E-state index contributed by atoms with van der Waals surface area (Å²) in [5.41, 5.74) is 1.22. The van der Waals surface area contributed by atoms with Gasteiger partial charge in [-0.3, -0.25) is 4.79 Å². The van der Waals surface area contributed by atoms with Gasteiger partial charge >= 0.3 is 5.97 Å². The first-order valence-electron chi connectivity index (χ1n) is 4.02. The van der Waals surface area contributed by atoms with Gasteiger partial charge in [-0.25, -0.2) is 0 Å². The molecule has 1 aromatic rings. The van der Waals surface area contributed by atoms with Gasteiger partial charge in [-0.1, -0.05) is 15.9 Å². The quantitative estimate of drug-likeness (QED) is 0.616. The number of carbonyl (C=O) groups is 1. The van der Waals surface area contributed by atoms with Crippen LogP contribution in [0.15, 0.2) is 16.8 Å². The van der Waals surface area contributed by atoms with Crippen molar-refractivity contribution in [3.63, 3.8) is 0 Å². The summed E-state index contributed by atoms with van der Waals surface area (Å²) in [5, 5.41) is 4.08. The van der Waals surface area contributed by atoms with Crippen LogP contribution in [0.1, 0.15) is 12.5 Å². The number of halogens is 1. The first-order valence-corrected chi connectivity index (χ1v) is 5.88. The van der Waals surface area contributed by atoms with Crippen molar-refractivity contribution in [1.82, 2.24) is 0 Å². The van der Waals surface area contributed by atoms with Crippen molar-refractivity contribution >= 4 is 33.2 Å². The molecule has 0 aliphatic rings. The summed E-state index contributed by atoms with van der Waals surface area (Å²) < 4.78 is 5.00. The van der Waals surface area contributed by atoms with Gasteiger partial charge in [0.25, 0.3) is 0 Å². The zero-order valence-electron chi connectivity index (χ0n) is 7.33. The topological polar surface area (TPSA) is 26.3 Å². The first-order chi connectivity index (χ1) is 6.20. The van der Waals surface area contributed by atoms with Crippen LogP contribution in [-0.4, -0.2) is 17.4 Å². The Hall–Kier alpha value is -0.350. The van der Waals surface area contributed by atoms with Gasteiger partial charge in [-0.05, 0) is 29.3 Å². The second kappa shape index (κ2) is 5.40. The Morgan fingerprint density at radius 3 is 3.08 bits per heavy atom. The molecule has 0 bridgehead atoms. The minimum Gasteiger partial charge on any atom is -0.465 e. The van der Waals surface area contributed by atoms with E-state index >= 15 is 0 Å². The smallest absolute Gasteiger partial charge is 0.319 e. The predicted molar refractivity (Wildman–Crippen MR) is 57.4 cm³/mol. The van der Waals surface area contributed by atoms with Crippen molar-refractivity contribution in [2.24, 2.45) is 0 Å². The summed E-state index contributed by atoms with van der Waals surface area (Å²) in [6.45, 7) is 2.22. The SMILES string of the molecule is CC(Br)C(=O)OCCc1ccsc1. The van der Waals surface area contributed by atoms with Crippen LogP contribution in [-0.2, 0) is 16.0 Å². The molecule has 2 nitrogen and oxygen atoms in total. The Labute approximate surface area is 90.0 Å². The number of hydrogen-bond donors (Lipinski definition) is 0. The third-order valence-electron chi connectivity index (χ3n) is 1.54. The highest BCUT2D eigenvalue weighted by atomic mass is 79.9. The third kappa shape index (κ3) is 3.91. The van der Waals surface area contributed by atoms with Crippen LogP contribution >= 0.6 is 27.3 Å². The Kier molecular flexibility index (Phi) is 4.45. The number of hydrogen-bond acceptors (Lipinski definition) is 3. The lowest BCUT2D eigenvalue weighted by atomic mass is 10.3. The van der Waals surface area contributed by atoms with Gasteiger partial charge in [-0.15, -0.1) is 0 Å². The number of thiophene rings is 1. The molecule has 13 heavy (non-hydrogen) atoms. The van der Waals surface area contributed by atoms with Gasteiger partial charge in [0.1, 0.15) is 4.83 Å². The number of carbonyl (C=O) groups excluding carboxylic acids is 1. The van der Waals surface area contributed by atoms with E-state index in [0.717, 1.165) is 6.42 Å². The number of alkyl halides is 1. The summed E-state index contributed by atoms with van der Waals surface area (Å²) in [4.78, 5) is 10.8. The van der Waals surface area contributed by atoms with Crippen molar-refractivity contribution in [3.8, 4) is 0 Å². The minimum atomic E-state index is -0.213. The van der Waals surface area contributed by atoms with Crippen molar-refractivity contribution < 1.29 is 9.53 Å². The fourth-order valence-corrected chi connectivity index (χ4v) is 1.65. The Bertz CT molecular complexity index is 257. The molecule has 0 spiro atoms. The van der Waals surface area contributed by atoms with Crippen LogP contribution in [0.3, 0.4) is 0 Å². The zero-order chi connectivity index (χ0) is 9.68. The molecule has 0 radical (unpaired) electrons. The fourth-order valence-electron chi connectivity index (χ4n) is 0.819. The number of esters is 1. The molecule has 1 atom stereocenters. The summed E-state index contributed by atoms with van der Waals surface area (Å²) in [6, 6.07) is 2.04. The van der Waals surface area contributed by atoms with E-state index in [4.69, 9.17) is 4.74 Å². The van der Waals surface area contributed by atoms with Gasteiger partial charge in [-0.2, -0.15) is 11.3 Å². The molecular weight excluding hydrogens is 252 g/mol. The van der Waals surface area contributed by atoms with E-state index in [1.807, 2.05) is 11.4 Å². The molecule has 0 N–H and O–H groups in total. The average molecular weight is 263 g/mol. The van der Waals surface area contributed by atoms with Crippen LogP contribution in [0.2, 0.25) is 0 Å². The normalized spacial score (nSPS) is 12.5. The third-order valence-corrected chi connectivity index (χ3v) is 2.65. The van der Waals surface area contributed by atoms with Gasteiger partial charge in [0.15, 0.2) is 0 Å². The first kappa shape index (κ1) is 10.7. The molecule has 1 unspecified atom stereocenters. The lowest BCUT2D eigenvalue weighted by Crippen LogP contribution is -2.15. The maximum absolute atomic E-state index is 11.0. The Balaban J connectivity index is 2.18. The van der Waals surface area contributed by atoms with E-state index in [1.54, 1.807) is 18.3 Å². The van der Waals surface area contributed by atoms with Crippen molar-refractivity contribution in [2.45, 2.75) is 18.2 Å². The highest BCUT2D eigenvalue weighted by Gasteiger charge is 2.09. The number of rotatable bonds is 4. The van der Waals surface area contributed by atoms with Gasteiger partial charge in [0, 0.05) is 6.42 Å². The molecule has 1 aromatic heterocycles. The van der Waals surface area contributed by atoms with E-state index in [2.05, 4.69) is 21.3 Å². The van der Waals surface area contributed by atoms with E-state index < -0.39 is 0 Å². The van der Waals surface area contributed by atoms with Crippen LogP contribution in [0.4, 0.5) is 0 Å². The average Bonchev–Trinajstić information content (AvgIpc) is 2.56. The van der Waals surface area contributed by atoms with Gasteiger partial charge in [0.2, 0.25) is 0 Å².